The highest BCUT2D eigenvalue weighted by atomic mass is 16.6. The molecule has 1 aliphatic carbocycles. The molecule has 0 saturated heterocycles. The minimum absolute atomic E-state index is 0.0814. The maximum absolute atomic E-state index is 12.3. The lowest BCUT2D eigenvalue weighted by Crippen LogP contribution is -2.42. The number of hydrogen-bond acceptors (Lipinski definition) is 5. The van der Waals surface area contributed by atoms with E-state index in [1.807, 2.05) is 6.92 Å². The molecule has 0 aromatic heterocycles. The molecule has 1 aromatic rings. The molecule has 2 rings (SSSR count). The summed E-state index contributed by atoms with van der Waals surface area (Å²) in [4.78, 5) is 33.5. The molecule has 1 N–H and O–H groups in total. The van der Waals surface area contributed by atoms with E-state index in [2.05, 4.69) is 5.32 Å². The number of amides is 1. The second-order valence-corrected chi connectivity index (χ2v) is 5.32. The van der Waals surface area contributed by atoms with Crippen LogP contribution in [0.15, 0.2) is 35.9 Å². The van der Waals surface area contributed by atoms with Gasteiger partial charge in [0.15, 0.2) is 0 Å². The largest absolute Gasteiger partial charge is 0.550 e. The summed E-state index contributed by atoms with van der Waals surface area (Å²) in [5.74, 6) is -3.23. The first-order valence-electron chi connectivity index (χ1n) is 6.80. The van der Waals surface area contributed by atoms with Crippen LogP contribution in [0, 0.1) is 22.0 Å². The van der Waals surface area contributed by atoms with Crippen LogP contribution in [0.2, 0.25) is 0 Å². The Balaban J connectivity index is 2.11. The number of nitrogens with one attached hydrogen (secondary N) is 1. The Morgan fingerprint density at radius 2 is 1.86 bits per heavy atom. The third-order valence-electron chi connectivity index (χ3n) is 3.73. The molecule has 0 spiro atoms. The second-order valence-electron chi connectivity index (χ2n) is 5.32. The minimum Gasteiger partial charge on any atom is -0.550 e. The predicted molar refractivity (Wildman–Crippen MR) is 76.7 cm³/mol. The number of benzene rings is 1. The van der Waals surface area contributed by atoms with Crippen molar-refractivity contribution in [3.05, 3.63) is 46.0 Å². The van der Waals surface area contributed by atoms with Gasteiger partial charge in [-0.05, 0) is 31.9 Å². The number of carboxylic acid groups (broad SMARTS) is 1. The lowest BCUT2D eigenvalue weighted by atomic mass is 9.79. The number of carbonyl (C=O) groups is 2. The van der Waals surface area contributed by atoms with E-state index in [1.54, 1.807) is 6.08 Å². The molecular weight excluding hydrogens is 288 g/mol. The van der Waals surface area contributed by atoms with E-state index in [0.717, 1.165) is 5.57 Å². The zero-order valence-electron chi connectivity index (χ0n) is 11.9. The van der Waals surface area contributed by atoms with Crippen molar-refractivity contribution in [1.29, 1.82) is 0 Å². The normalized spacial score (nSPS) is 20.9. The molecule has 0 aliphatic heterocycles. The van der Waals surface area contributed by atoms with E-state index >= 15 is 0 Å². The number of nitrogens with zero attached hydrogens (tertiary/aromatic N) is 1. The number of carboxylic acids is 1. The van der Waals surface area contributed by atoms with E-state index < -0.39 is 28.6 Å². The molecule has 116 valence electrons. The molecule has 1 aromatic carbocycles. The van der Waals surface area contributed by atoms with Gasteiger partial charge in [-0.25, -0.2) is 0 Å². The first kappa shape index (κ1) is 15.7. The van der Waals surface area contributed by atoms with E-state index in [4.69, 9.17) is 0 Å². The van der Waals surface area contributed by atoms with Crippen molar-refractivity contribution in [1.82, 2.24) is 0 Å². The third kappa shape index (κ3) is 3.49. The SMILES string of the molecule is CC1=CC[C@@H](C(=O)[O-])[C@H](C(=O)Nc2ccc([N+](=O)[O-])cc2)C1. The smallest absolute Gasteiger partial charge is 0.269 e. The van der Waals surface area contributed by atoms with Gasteiger partial charge < -0.3 is 15.2 Å². The molecular formula is C15H15N2O5-. The van der Waals surface area contributed by atoms with Crippen molar-refractivity contribution in [2.75, 3.05) is 5.32 Å². The fourth-order valence-electron chi connectivity index (χ4n) is 2.50. The number of allylic oxidation sites excluding steroid dienone is 2. The highest BCUT2D eigenvalue weighted by Crippen LogP contribution is 2.30. The van der Waals surface area contributed by atoms with Gasteiger partial charge in [-0.2, -0.15) is 0 Å². The molecule has 1 aliphatic rings. The monoisotopic (exact) mass is 303 g/mol. The number of aliphatic carboxylic acids is 1. The first-order chi connectivity index (χ1) is 10.4. The van der Waals surface area contributed by atoms with E-state index in [0.29, 0.717) is 12.1 Å². The molecule has 7 nitrogen and oxygen atoms in total. The van der Waals surface area contributed by atoms with Crippen molar-refractivity contribution in [3.63, 3.8) is 0 Å². The van der Waals surface area contributed by atoms with Crippen molar-refractivity contribution in [3.8, 4) is 0 Å². The summed E-state index contributed by atoms with van der Waals surface area (Å²) < 4.78 is 0. The summed E-state index contributed by atoms with van der Waals surface area (Å²) in [5.41, 5.74) is 1.27. The van der Waals surface area contributed by atoms with Crippen LogP contribution >= 0.6 is 0 Å². The van der Waals surface area contributed by atoms with Crippen molar-refractivity contribution in [2.45, 2.75) is 19.8 Å². The van der Waals surface area contributed by atoms with E-state index in [9.17, 15) is 24.8 Å². The molecule has 7 heteroatoms. The van der Waals surface area contributed by atoms with Crippen LogP contribution in [0.3, 0.4) is 0 Å². The van der Waals surface area contributed by atoms with Gasteiger partial charge in [0.2, 0.25) is 5.91 Å². The summed E-state index contributed by atoms with van der Waals surface area (Å²) in [6.45, 7) is 1.84. The van der Waals surface area contributed by atoms with Gasteiger partial charge >= 0.3 is 0 Å². The van der Waals surface area contributed by atoms with Crippen LogP contribution in [0.4, 0.5) is 11.4 Å². The Kier molecular flexibility index (Phi) is 4.55. The van der Waals surface area contributed by atoms with Crippen LogP contribution in [0.1, 0.15) is 19.8 Å². The predicted octanol–water partition coefficient (Wildman–Crippen LogP) is 1.26. The highest BCUT2D eigenvalue weighted by molar-refractivity contribution is 5.95. The number of nitro benzene ring substituents is 1. The molecule has 1 amide bonds. The maximum Gasteiger partial charge on any atom is 0.269 e. The molecule has 0 radical (unpaired) electrons. The maximum atomic E-state index is 12.3. The third-order valence-corrected chi connectivity index (χ3v) is 3.73. The average Bonchev–Trinajstić information content (AvgIpc) is 2.47. The quantitative estimate of drug-likeness (QED) is 0.511. The Morgan fingerprint density at radius 3 is 2.41 bits per heavy atom. The Labute approximate surface area is 126 Å². The van der Waals surface area contributed by atoms with Crippen LogP contribution in [-0.2, 0) is 9.59 Å². The number of carbonyl (C=O) groups excluding carboxylic acids is 2. The molecule has 0 unspecified atom stereocenters. The first-order valence-corrected chi connectivity index (χ1v) is 6.80. The van der Waals surface area contributed by atoms with Crippen LogP contribution in [0.25, 0.3) is 0 Å². The second kappa shape index (κ2) is 6.38. The van der Waals surface area contributed by atoms with Crippen LogP contribution < -0.4 is 10.4 Å². The number of nitro groups is 1. The molecule has 0 fully saturated rings. The molecule has 0 saturated carbocycles. The van der Waals surface area contributed by atoms with Gasteiger partial charge in [-0.3, -0.25) is 14.9 Å². The van der Waals surface area contributed by atoms with Gasteiger partial charge in [0.1, 0.15) is 0 Å². The fourth-order valence-corrected chi connectivity index (χ4v) is 2.50. The van der Waals surface area contributed by atoms with Gasteiger partial charge in [-0.1, -0.05) is 11.6 Å². The van der Waals surface area contributed by atoms with Gasteiger partial charge in [0, 0.05) is 29.7 Å². The molecule has 22 heavy (non-hydrogen) atoms. The van der Waals surface area contributed by atoms with Gasteiger partial charge in [0.05, 0.1) is 10.8 Å². The molecule has 0 heterocycles. The number of rotatable bonds is 4. The Bertz CT molecular complexity index is 636. The Morgan fingerprint density at radius 1 is 1.23 bits per heavy atom. The Hall–Kier alpha value is -2.70. The minimum atomic E-state index is -1.24. The van der Waals surface area contributed by atoms with Gasteiger partial charge in [0.25, 0.3) is 5.69 Å². The van der Waals surface area contributed by atoms with Crippen LogP contribution in [-0.4, -0.2) is 16.8 Å². The zero-order chi connectivity index (χ0) is 16.3. The number of hydrogen-bond donors (Lipinski definition) is 1. The summed E-state index contributed by atoms with van der Waals surface area (Å²) in [6.07, 6.45) is 2.43. The van der Waals surface area contributed by atoms with Crippen molar-refractivity contribution in [2.24, 2.45) is 11.8 Å². The van der Waals surface area contributed by atoms with E-state index in [1.165, 1.54) is 24.3 Å². The average molecular weight is 303 g/mol. The summed E-state index contributed by atoms with van der Waals surface area (Å²) in [5, 5.41) is 24.3. The molecule has 0 bridgehead atoms. The number of non-ortho nitro benzene ring substituents is 1. The van der Waals surface area contributed by atoms with Crippen molar-refractivity contribution >= 4 is 23.3 Å². The summed E-state index contributed by atoms with van der Waals surface area (Å²) in [6, 6.07) is 5.38. The summed E-state index contributed by atoms with van der Waals surface area (Å²) >= 11 is 0. The van der Waals surface area contributed by atoms with Gasteiger partial charge in [-0.15, -0.1) is 0 Å². The topological polar surface area (TPSA) is 112 Å². The number of anilines is 1. The van der Waals surface area contributed by atoms with E-state index in [-0.39, 0.29) is 12.1 Å². The molecule has 2 atom stereocenters. The van der Waals surface area contributed by atoms with Crippen molar-refractivity contribution < 1.29 is 19.6 Å². The van der Waals surface area contributed by atoms with Crippen LogP contribution in [0.5, 0.6) is 0 Å². The summed E-state index contributed by atoms with van der Waals surface area (Å²) in [7, 11) is 0. The lowest BCUT2D eigenvalue weighted by molar-refractivity contribution is -0.384. The highest BCUT2D eigenvalue weighted by Gasteiger charge is 2.31. The zero-order valence-corrected chi connectivity index (χ0v) is 11.9. The lowest BCUT2D eigenvalue weighted by Gasteiger charge is -2.30. The fraction of sp³-hybridized carbons (Fsp3) is 0.333. The standard InChI is InChI=1S/C15H16N2O5/c1-9-2-7-12(15(19)20)13(8-9)14(18)16-10-3-5-11(6-4-10)17(21)22/h2-6,12-13H,7-8H2,1H3,(H,16,18)(H,19,20)/p-1/t12-,13-/m1/s1.